The van der Waals surface area contributed by atoms with Crippen LogP contribution in [-0.4, -0.2) is 19.8 Å². The Hall–Kier alpha value is -0.380. The second kappa shape index (κ2) is 6.26. The zero-order valence-corrected chi connectivity index (χ0v) is 11.0. The smallest absolute Gasteiger partial charge is 0.0613 e. The molecule has 0 spiro atoms. The number of methoxy groups -OCH3 is 1. The summed E-state index contributed by atoms with van der Waals surface area (Å²) in [5, 5.41) is 3.48. The lowest BCUT2D eigenvalue weighted by Gasteiger charge is -2.20. The van der Waals surface area contributed by atoms with E-state index in [1.165, 1.54) is 5.56 Å². The molecular weight excluding hydrogens is 254 g/mol. The van der Waals surface area contributed by atoms with E-state index in [9.17, 15) is 0 Å². The van der Waals surface area contributed by atoms with Crippen molar-refractivity contribution in [2.45, 2.75) is 25.9 Å². The number of hydrogen-bond donors (Lipinski definition) is 1. The van der Waals surface area contributed by atoms with Crippen LogP contribution in [0.5, 0.6) is 0 Å². The molecule has 0 aliphatic carbocycles. The van der Waals surface area contributed by atoms with Gasteiger partial charge < -0.3 is 10.1 Å². The Balaban J connectivity index is 2.61. The number of rotatable bonds is 5. The maximum absolute atomic E-state index is 5.10. The minimum absolute atomic E-state index is 0.325. The predicted octanol–water partition coefficient (Wildman–Crippen LogP) is 3.13. The van der Waals surface area contributed by atoms with Crippen LogP contribution in [-0.2, 0) is 4.74 Å². The van der Waals surface area contributed by atoms with Gasteiger partial charge in [-0.1, -0.05) is 34.1 Å². The topological polar surface area (TPSA) is 21.3 Å². The van der Waals surface area contributed by atoms with Gasteiger partial charge in [0.05, 0.1) is 6.61 Å². The van der Waals surface area contributed by atoms with E-state index >= 15 is 0 Å². The van der Waals surface area contributed by atoms with Crippen LogP contribution in [0.3, 0.4) is 0 Å². The molecule has 2 nitrogen and oxygen atoms in total. The zero-order valence-electron chi connectivity index (χ0n) is 9.46. The fourth-order valence-electron chi connectivity index (χ4n) is 1.64. The summed E-state index contributed by atoms with van der Waals surface area (Å²) in [6, 6.07) is 8.95. The summed E-state index contributed by atoms with van der Waals surface area (Å²) >= 11 is 3.55. The highest BCUT2D eigenvalue weighted by Crippen LogP contribution is 2.22. The molecule has 2 atom stereocenters. The van der Waals surface area contributed by atoms with Gasteiger partial charge in [-0.15, -0.1) is 0 Å². The average Bonchev–Trinajstić information content (AvgIpc) is 2.18. The molecule has 15 heavy (non-hydrogen) atoms. The SMILES string of the molecule is COC[C@H](C)N[C@@H](C)c1ccccc1Br. The van der Waals surface area contributed by atoms with Crippen LogP contribution >= 0.6 is 15.9 Å². The lowest BCUT2D eigenvalue weighted by atomic mass is 10.1. The lowest BCUT2D eigenvalue weighted by Crippen LogP contribution is -2.32. The van der Waals surface area contributed by atoms with E-state index in [0.717, 1.165) is 11.1 Å². The number of benzene rings is 1. The van der Waals surface area contributed by atoms with Gasteiger partial charge >= 0.3 is 0 Å². The number of ether oxygens (including phenoxy) is 1. The fraction of sp³-hybridized carbons (Fsp3) is 0.500. The molecule has 3 heteroatoms. The predicted molar refractivity (Wildman–Crippen MR) is 67.0 cm³/mol. The van der Waals surface area contributed by atoms with E-state index < -0.39 is 0 Å². The monoisotopic (exact) mass is 271 g/mol. The summed E-state index contributed by atoms with van der Waals surface area (Å²) in [6.45, 7) is 5.01. The van der Waals surface area contributed by atoms with Crippen LogP contribution in [0.2, 0.25) is 0 Å². The Morgan fingerprint density at radius 3 is 2.60 bits per heavy atom. The van der Waals surface area contributed by atoms with Crippen LogP contribution in [0, 0.1) is 0 Å². The van der Waals surface area contributed by atoms with Crippen molar-refractivity contribution in [2.24, 2.45) is 0 Å². The fourth-order valence-corrected chi connectivity index (χ4v) is 2.27. The molecule has 0 fully saturated rings. The largest absolute Gasteiger partial charge is 0.383 e. The Kier molecular flexibility index (Phi) is 5.29. The second-order valence-corrected chi connectivity index (χ2v) is 4.62. The van der Waals surface area contributed by atoms with Crippen molar-refractivity contribution in [3.05, 3.63) is 34.3 Å². The third-order valence-electron chi connectivity index (χ3n) is 2.32. The molecule has 0 heterocycles. The Morgan fingerprint density at radius 1 is 1.33 bits per heavy atom. The Bertz CT molecular complexity index is 303. The van der Waals surface area contributed by atoms with Gasteiger partial charge in [0.2, 0.25) is 0 Å². The number of halogens is 1. The van der Waals surface area contributed by atoms with E-state index in [1.54, 1.807) is 7.11 Å². The summed E-state index contributed by atoms with van der Waals surface area (Å²) in [5.41, 5.74) is 1.28. The molecule has 84 valence electrons. The van der Waals surface area contributed by atoms with Crippen molar-refractivity contribution in [3.8, 4) is 0 Å². The lowest BCUT2D eigenvalue weighted by molar-refractivity contribution is 0.167. The molecule has 1 N–H and O–H groups in total. The summed E-state index contributed by atoms with van der Waals surface area (Å²) in [6.07, 6.45) is 0. The van der Waals surface area contributed by atoms with Gasteiger partial charge in [-0.2, -0.15) is 0 Å². The first kappa shape index (κ1) is 12.7. The van der Waals surface area contributed by atoms with E-state index in [-0.39, 0.29) is 0 Å². The molecule has 1 aromatic carbocycles. The first-order chi connectivity index (χ1) is 7.15. The molecular formula is C12H18BrNO. The normalized spacial score (nSPS) is 14.9. The van der Waals surface area contributed by atoms with Gasteiger partial charge in [-0.25, -0.2) is 0 Å². The number of nitrogens with one attached hydrogen (secondary N) is 1. The van der Waals surface area contributed by atoms with Crippen LogP contribution in [0.15, 0.2) is 28.7 Å². The summed E-state index contributed by atoms with van der Waals surface area (Å²) in [5.74, 6) is 0. The molecule has 1 aromatic rings. The molecule has 0 bridgehead atoms. The zero-order chi connectivity index (χ0) is 11.3. The first-order valence-corrected chi connectivity index (χ1v) is 5.94. The van der Waals surface area contributed by atoms with E-state index in [4.69, 9.17) is 4.74 Å². The van der Waals surface area contributed by atoms with Gasteiger partial charge in [0.1, 0.15) is 0 Å². The van der Waals surface area contributed by atoms with Crippen molar-refractivity contribution >= 4 is 15.9 Å². The second-order valence-electron chi connectivity index (χ2n) is 3.77. The van der Waals surface area contributed by atoms with Crippen molar-refractivity contribution < 1.29 is 4.74 Å². The maximum Gasteiger partial charge on any atom is 0.0613 e. The maximum atomic E-state index is 5.10. The first-order valence-electron chi connectivity index (χ1n) is 5.14. The van der Waals surface area contributed by atoms with Crippen molar-refractivity contribution in [3.63, 3.8) is 0 Å². The quantitative estimate of drug-likeness (QED) is 0.889. The highest BCUT2D eigenvalue weighted by Gasteiger charge is 2.11. The molecule has 0 aromatic heterocycles. The molecule has 0 aliphatic heterocycles. The average molecular weight is 272 g/mol. The minimum atomic E-state index is 0.325. The van der Waals surface area contributed by atoms with Gasteiger partial charge in [0.15, 0.2) is 0 Å². The van der Waals surface area contributed by atoms with Crippen LogP contribution in [0.25, 0.3) is 0 Å². The Morgan fingerprint density at radius 2 is 2.00 bits per heavy atom. The molecule has 0 saturated carbocycles. The summed E-state index contributed by atoms with van der Waals surface area (Å²) < 4.78 is 6.24. The molecule has 1 rings (SSSR count). The molecule has 0 unspecified atom stereocenters. The van der Waals surface area contributed by atoms with Crippen LogP contribution in [0.4, 0.5) is 0 Å². The van der Waals surface area contributed by atoms with E-state index in [0.29, 0.717) is 12.1 Å². The van der Waals surface area contributed by atoms with Crippen LogP contribution in [0.1, 0.15) is 25.5 Å². The van der Waals surface area contributed by atoms with Crippen molar-refractivity contribution in [1.29, 1.82) is 0 Å². The van der Waals surface area contributed by atoms with E-state index in [2.05, 4.69) is 53.3 Å². The van der Waals surface area contributed by atoms with Gasteiger partial charge in [0.25, 0.3) is 0 Å². The van der Waals surface area contributed by atoms with Crippen molar-refractivity contribution in [1.82, 2.24) is 5.32 Å². The van der Waals surface area contributed by atoms with E-state index in [1.807, 2.05) is 6.07 Å². The molecule has 0 radical (unpaired) electrons. The molecule has 0 aliphatic rings. The van der Waals surface area contributed by atoms with Gasteiger partial charge in [-0.3, -0.25) is 0 Å². The highest BCUT2D eigenvalue weighted by molar-refractivity contribution is 9.10. The minimum Gasteiger partial charge on any atom is -0.383 e. The standard InChI is InChI=1S/C12H18BrNO/c1-9(8-15-3)14-10(2)11-6-4-5-7-12(11)13/h4-7,9-10,14H,8H2,1-3H3/t9-,10-/m0/s1. The van der Waals surface area contributed by atoms with Crippen LogP contribution < -0.4 is 5.32 Å². The third kappa shape index (κ3) is 3.93. The summed E-state index contributed by atoms with van der Waals surface area (Å²) in [4.78, 5) is 0. The highest BCUT2D eigenvalue weighted by atomic mass is 79.9. The number of hydrogen-bond acceptors (Lipinski definition) is 2. The Labute approximate surface area is 100 Å². The van der Waals surface area contributed by atoms with Gasteiger partial charge in [0, 0.05) is 23.7 Å². The van der Waals surface area contributed by atoms with Gasteiger partial charge in [-0.05, 0) is 25.5 Å². The molecule has 0 amide bonds. The third-order valence-corrected chi connectivity index (χ3v) is 3.05. The molecule has 0 saturated heterocycles. The van der Waals surface area contributed by atoms with Crippen molar-refractivity contribution in [2.75, 3.05) is 13.7 Å². The summed E-state index contributed by atoms with van der Waals surface area (Å²) in [7, 11) is 1.72.